The Morgan fingerprint density at radius 1 is 1.41 bits per heavy atom. The molecule has 88 valence electrons. The molecule has 0 bridgehead atoms. The Morgan fingerprint density at radius 3 is 2.76 bits per heavy atom. The number of anilines is 1. The fraction of sp³-hybridized carbons (Fsp3) is 0.364. The highest BCUT2D eigenvalue weighted by molar-refractivity contribution is 9.10. The summed E-state index contributed by atoms with van der Waals surface area (Å²) in [5.41, 5.74) is 7.67. The van der Waals surface area contributed by atoms with Crippen molar-refractivity contribution < 1.29 is 0 Å². The zero-order valence-corrected chi connectivity index (χ0v) is 11.0. The quantitative estimate of drug-likeness (QED) is 0.921. The molecule has 1 aliphatic rings. The summed E-state index contributed by atoms with van der Waals surface area (Å²) < 4.78 is 2.56. The molecule has 1 fully saturated rings. The van der Waals surface area contributed by atoms with E-state index in [9.17, 15) is 0 Å². The minimum atomic E-state index is 0.488. The summed E-state index contributed by atoms with van der Waals surface area (Å²) in [6.45, 7) is 0. The van der Waals surface area contributed by atoms with Crippen LogP contribution in [0.15, 0.2) is 16.7 Å². The van der Waals surface area contributed by atoms with E-state index in [0.717, 1.165) is 15.9 Å². The van der Waals surface area contributed by atoms with E-state index < -0.39 is 0 Å². The first kappa shape index (κ1) is 10.7. The van der Waals surface area contributed by atoms with E-state index in [1.54, 1.807) is 4.68 Å². The van der Waals surface area contributed by atoms with Gasteiger partial charge in [-0.25, -0.2) is 9.97 Å². The minimum Gasteiger partial charge on any atom is -0.383 e. The average Bonchev–Trinajstić information content (AvgIpc) is 3.05. The average molecular weight is 294 g/mol. The van der Waals surface area contributed by atoms with E-state index in [2.05, 4.69) is 31.0 Å². The number of hydrogen-bond acceptors (Lipinski definition) is 4. The van der Waals surface area contributed by atoms with E-state index >= 15 is 0 Å². The molecule has 0 aliphatic heterocycles. The Bertz CT molecular complexity index is 573. The van der Waals surface area contributed by atoms with E-state index in [1.165, 1.54) is 12.8 Å². The molecule has 3 rings (SSSR count). The molecule has 17 heavy (non-hydrogen) atoms. The Balaban J connectivity index is 2.11. The van der Waals surface area contributed by atoms with Crippen LogP contribution in [-0.4, -0.2) is 19.7 Å². The van der Waals surface area contributed by atoms with Crippen molar-refractivity contribution in [2.24, 2.45) is 7.05 Å². The van der Waals surface area contributed by atoms with Crippen molar-refractivity contribution in [2.75, 3.05) is 5.73 Å². The van der Waals surface area contributed by atoms with Crippen molar-refractivity contribution in [3.05, 3.63) is 22.4 Å². The predicted octanol–water partition coefficient (Wildman–Crippen LogP) is 2.10. The summed E-state index contributed by atoms with van der Waals surface area (Å²) in [6.07, 6.45) is 4.22. The van der Waals surface area contributed by atoms with Crippen molar-refractivity contribution in [1.29, 1.82) is 0 Å². The molecule has 0 atom stereocenters. The molecule has 2 aromatic rings. The van der Waals surface area contributed by atoms with Crippen molar-refractivity contribution in [1.82, 2.24) is 19.7 Å². The third kappa shape index (κ3) is 1.93. The fourth-order valence-corrected chi connectivity index (χ4v) is 2.26. The smallest absolute Gasteiger partial charge is 0.182 e. The second-order valence-electron chi connectivity index (χ2n) is 4.28. The second kappa shape index (κ2) is 3.80. The van der Waals surface area contributed by atoms with Gasteiger partial charge in [0.05, 0.1) is 10.2 Å². The minimum absolute atomic E-state index is 0.488. The maximum atomic E-state index is 5.90. The lowest BCUT2D eigenvalue weighted by Crippen LogP contribution is -2.02. The van der Waals surface area contributed by atoms with E-state index in [1.807, 2.05) is 19.3 Å². The van der Waals surface area contributed by atoms with Crippen LogP contribution in [0, 0.1) is 0 Å². The summed E-state index contributed by atoms with van der Waals surface area (Å²) in [4.78, 5) is 8.84. The molecule has 0 saturated heterocycles. The highest BCUT2D eigenvalue weighted by atomic mass is 79.9. The highest BCUT2D eigenvalue weighted by Crippen LogP contribution is 2.43. The first-order valence-corrected chi connectivity index (χ1v) is 6.27. The third-order valence-electron chi connectivity index (χ3n) is 2.81. The van der Waals surface area contributed by atoms with Crippen LogP contribution in [0.4, 0.5) is 5.82 Å². The second-order valence-corrected chi connectivity index (χ2v) is 5.07. The highest BCUT2D eigenvalue weighted by Gasteiger charge is 2.29. The van der Waals surface area contributed by atoms with Crippen LogP contribution in [0.2, 0.25) is 0 Å². The number of nitrogens with zero attached hydrogens (tertiary/aromatic N) is 4. The van der Waals surface area contributed by atoms with Crippen LogP contribution in [-0.2, 0) is 7.05 Å². The normalized spacial score (nSPS) is 15.2. The molecule has 0 spiro atoms. The van der Waals surface area contributed by atoms with Crippen LogP contribution in [0.25, 0.3) is 11.5 Å². The Labute approximate surface area is 107 Å². The Kier molecular flexibility index (Phi) is 2.39. The van der Waals surface area contributed by atoms with Gasteiger partial charge in [0.2, 0.25) is 0 Å². The number of rotatable bonds is 2. The standard InChI is InChI=1S/C11H12BrN5/c1-17-5-4-7(16-17)11-14-9(6-2-3-6)8(12)10(13)15-11/h4-6H,2-3H2,1H3,(H2,13,14,15). The molecule has 1 aliphatic carbocycles. The van der Waals surface area contributed by atoms with Crippen molar-refractivity contribution in [2.45, 2.75) is 18.8 Å². The van der Waals surface area contributed by atoms with Gasteiger partial charge in [-0.3, -0.25) is 4.68 Å². The maximum absolute atomic E-state index is 5.90. The van der Waals surface area contributed by atoms with Crippen LogP contribution >= 0.6 is 15.9 Å². The third-order valence-corrected chi connectivity index (χ3v) is 3.62. The summed E-state index contributed by atoms with van der Waals surface area (Å²) in [5.74, 6) is 1.62. The molecule has 2 aromatic heterocycles. The Hall–Kier alpha value is -1.43. The van der Waals surface area contributed by atoms with Gasteiger partial charge in [0.25, 0.3) is 0 Å². The molecule has 5 nitrogen and oxygen atoms in total. The van der Waals surface area contributed by atoms with Gasteiger partial charge in [0.15, 0.2) is 5.82 Å². The first-order valence-electron chi connectivity index (χ1n) is 5.48. The first-order chi connectivity index (χ1) is 8.15. The number of nitrogens with two attached hydrogens (primary N) is 1. The predicted molar refractivity (Wildman–Crippen MR) is 68.3 cm³/mol. The molecule has 2 heterocycles. The lowest BCUT2D eigenvalue weighted by Gasteiger charge is -2.06. The van der Waals surface area contributed by atoms with Gasteiger partial charge in [0.1, 0.15) is 11.5 Å². The molecular weight excluding hydrogens is 282 g/mol. The van der Waals surface area contributed by atoms with Crippen molar-refractivity contribution in [3.63, 3.8) is 0 Å². The van der Waals surface area contributed by atoms with Crippen LogP contribution in [0.3, 0.4) is 0 Å². The summed E-state index contributed by atoms with van der Waals surface area (Å²) in [7, 11) is 1.87. The van der Waals surface area contributed by atoms with Crippen molar-refractivity contribution in [3.8, 4) is 11.5 Å². The van der Waals surface area contributed by atoms with Gasteiger partial charge in [-0.1, -0.05) is 0 Å². The van der Waals surface area contributed by atoms with Gasteiger partial charge < -0.3 is 5.73 Å². The zero-order chi connectivity index (χ0) is 12.0. The number of hydrogen-bond donors (Lipinski definition) is 1. The number of aryl methyl sites for hydroxylation is 1. The number of nitrogen functional groups attached to an aromatic ring is 1. The number of aromatic nitrogens is 4. The van der Waals surface area contributed by atoms with Gasteiger partial charge in [-0.2, -0.15) is 5.10 Å². The van der Waals surface area contributed by atoms with Gasteiger partial charge in [0, 0.05) is 19.2 Å². The largest absolute Gasteiger partial charge is 0.383 e. The van der Waals surface area contributed by atoms with Gasteiger partial charge in [-0.15, -0.1) is 0 Å². The summed E-state index contributed by atoms with van der Waals surface area (Å²) >= 11 is 3.46. The van der Waals surface area contributed by atoms with Crippen LogP contribution in [0.1, 0.15) is 24.5 Å². The molecule has 1 saturated carbocycles. The monoisotopic (exact) mass is 293 g/mol. The molecule has 0 aromatic carbocycles. The molecule has 0 radical (unpaired) electrons. The molecule has 0 amide bonds. The van der Waals surface area contributed by atoms with E-state index in [-0.39, 0.29) is 0 Å². The molecule has 0 unspecified atom stereocenters. The van der Waals surface area contributed by atoms with E-state index in [0.29, 0.717) is 17.6 Å². The molecule has 2 N–H and O–H groups in total. The topological polar surface area (TPSA) is 69.6 Å². The lowest BCUT2D eigenvalue weighted by molar-refractivity contribution is 0.768. The molecule has 6 heteroatoms. The fourth-order valence-electron chi connectivity index (χ4n) is 1.76. The summed E-state index contributed by atoms with van der Waals surface area (Å²) in [6, 6.07) is 1.89. The van der Waals surface area contributed by atoms with Crippen LogP contribution in [0.5, 0.6) is 0 Å². The summed E-state index contributed by atoms with van der Waals surface area (Å²) in [5, 5.41) is 4.29. The van der Waals surface area contributed by atoms with Crippen LogP contribution < -0.4 is 5.73 Å². The lowest BCUT2D eigenvalue weighted by atomic mass is 10.2. The van der Waals surface area contributed by atoms with Gasteiger partial charge in [-0.05, 0) is 34.8 Å². The van der Waals surface area contributed by atoms with Gasteiger partial charge >= 0.3 is 0 Å². The van der Waals surface area contributed by atoms with Crippen molar-refractivity contribution >= 4 is 21.7 Å². The zero-order valence-electron chi connectivity index (χ0n) is 9.39. The SMILES string of the molecule is Cn1ccc(-c2nc(N)c(Br)c(C3CC3)n2)n1. The van der Waals surface area contributed by atoms with E-state index in [4.69, 9.17) is 5.73 Å². The number of halogens is 1. The maximum Gasteiger partial charge on any atom is 0.182 e. The molecular formula is C11H12BrN5. The Morgan fingerprint density at radius 2 is 2.18 bits per heavy atom.